The first-order chi connectivity index (χ1) is 3.00. The molecule has 0 unspecified atom stereocenters. The van der Waals surface area contributed by atoms with Crippen molar-refractivity contribution in [2.24, 2.45) is 0 Å². The van der Waals surface area contributed by atoms with Gasteiger partial charge < -0.3 is 0 Å². The minimum Gasteiger partial charge on any atom is -0.269 e. The van der Waals surface area contributed by atoms with E-state index in [1.165, 1.54) is 0 Å². The molecule has 0 radical (unpaired) electrons. The van der Waals surface area contributed by atoms with Gasteiger partial charge in [0.05, 0.1) is 12.4 Å². The molecule has 1 heterocycles. The van der Waals surface area contributed by atoms with Crippen LogP contribution in [0.4, 0.5) is 14.1 Å². The number of aromatic nitrogens is 3. The van der Waals surface area contributed by atoms with Crippen LogP contribution < -0.4 is 0 Å². The Bertz CT molecular complexity index is 86.2. The number of hydrogen-bond acceptors (Lipinski definition) is 3. The van der Waals surface area contributed by atoms with Gasteiger partial charge in [-0.15, -0.1) is 10.2 Å². The number of halogens is 3. The van der Waals surface area contributed by atoms with Crippen molar-refractivity contribution in [3.63, 3.8) is 0 Å². The van der Waals surface area contributed by atoms with E-state index in [2.05, 4.69) is 15.4 Å². The van der Waals surface area contributed by atoms with Crippen LogP contribution in [0.3, 0.4) is 0 Å². The Balaban J connectivity index is -0.000000120. The molecule has 0 aliphatic heterocycles. The molecule has 0 bridgehead atoms. The van der Waals surface area contributed by atoms with Crippen LogP contribution in [0.15, 0.2) is 18.5 Å². The summed E-state index contributed by atoms with van der Waals surface area (Å²) in [6, 6.07) is 1.72. The van der Waals surface area contributed by atoms with Crippen molar-refractivity contribution in [2.45, 2.75) is 0 Å². The van der Waals surface area contributed by atoms with Gasteiger partial charge in [0.2, 0.25) is 0 Å². The van der Waals surface area contributed by atoms with Gasteiger partial charge in [0, 0.05) is 0 Å². The van der Waals surface area contributed by atoms with Crippen LogP contribution in [0.2, 0.25) is 0 Å². The number of hydrogen-bond donors (Lipinski definition) is 0. The summed E-state index contributed by atoms with van der Waals surface area (Å²) >= 11 is 0. The molecule has 0 saturated heterocycles. The molecule has 3 nitrogen and oxygen atoms in total. The quantitative estimate of drug-likeness (QED) is 0.522. The maximum Gasteiger partial charge on any atom is 0.0529 e. The largest absolute Gasteiger partial charge is 0.269 e. The van der Waals surface area contributed by atoms with Crippen LogP contribution in [0.25, 0.3) is 0 Å². The summed E-state index contributed by atoms with van der Waals surface area (Å²) in [6.45, 7) is 0. The second-order valence-electron chi connectivity index (χ2n) is 0.811. The monoisotopic (exact) mass is 141 g/mol. The standard InChI is InChI=1S/C3H3N3.3FH/c1-2-4-6-5-3-1;;;/h1-3H;3*1H. The highest BCUT2D eigenvalue weighted by Gasteiger charge is 1.60. The summed E-state index contributed by atoms with van der Waals surface area (Å²) in [5.74, 6) is 0. The molecular weight excluding hydrogens is 135 g/mol. The Labute approximate surface area is 49.2 Å². The van der Waals surface area contributed by atoms with Gasteiger partial charge in [-0.05, 0) is 11.3 Å². The molecule has 1 aromatic heterocycles. The summed E-state index contributed by atoms with van der Waals surface area (Å²) < 4.78 is 0. The number of nitrogens with zero attached hydrogens (tertiary/aromatic N) is 3. The van der Waals surface area contributed by atoms with Gasteiger partial charge in [0.1, 0.15) is 0 Å². The summed E-state index contributed by atoms with van der Waals surface area (Å²) in [5.41, 5.74) is 0. The van der Waals surface area contributed by atoms with Gasteiger partial charge in [-0.3, -0.25) is 14.1 Å². The van der Waals surface area contributed by atoms with Crippen molar-refractivity contribution >= 4 is 0 Å². The fourth-order valence-electron chi connectivity index (χ4n) is 0.205. The first kappa shape index (κ1) is 15.7. The summed E-state index contributed by atoms with van der Waals surface area (Å²) in [4.78, 5) is 0. The van der Waals surface area contributed by atoms with Crippen molar-refractivity contribution in [1.82, 2.24) is 15.4 Å². The second-order valence-corrected chi connectivity index (χ2v) is 0.811. The average Bonchev–Trinajstić information content (AvgIpc) is 1.72. The molecule has 6 heteroatoms. The van der Waals surface area contributed by atoms with Crippen molar-refractivity contribution in [1.29, 1.82) is 0 Å². The molecule has 0 saturated carbocycles. The van der Waals surface area contributed by atoms with Gasteiger partial charge in [0.25, 0.3) is 0 Å². The first-order valence-electron chi connectivity index (χ1n) is 1.58. The van der Waals surface area contributed by atoms with E-state index in [4.69, 9.17) is 0 Å². The molecule has 0 spiro atoms. The highest BCUT2D eigenvalue weighted by molar-refractivity contribution is 4.69. The molecule has 0 aliphatic carbocycles. The molecule has 0 aliphatic rings. The summed E-state index contributed by atoms with van der Waals surface area (Å²) in [7, 11) is 0. The Morgan fingerprint density at radius 2 is 1.22 bits per heavy atom. The highest BCUT2D eigenvalue weighted by atomic mass is 19.0. The molecule has 0 fully saturated rings. The molecule has 1 aromatic rings. The maximum atomic E-state index is 3.42. The van der Waals surface area contributed by atoms with E-state index in [1.807, 2.05) is 0 Å². The fourth-order valence-corrected chi connectivity index (χ4v) is 0.205. The van der Waals surface area contributed by atoms with E-state index in [0.717, 1.165) is 0 Å². The van der Waals surface area contributed by atoms with Crippen LogP contribution in [0.5, 0.6) is 0 Å². The molecule has 0 aromatic carbocycles. The van der Waals surface area contributed by atoms with E-state index >= 15 is 0 Å². The SMILES string of the molecule is F.F.F.c1cnnnc1. The maximum absolute atomic E-state index is 3.42. The minimum absolute atomic E-state index is 0. The van der Waals surface area contributed by atoms with Crippen molar-refractivity contribution < 1.29 is 14.1 Å². The van der Waals surface area contributed by atoms with Gasteiger partial charge in [-0.25, -0.2) is 0 Å². The molecule has 1 rings (SSSR count). The van der Waals surface area contributed by atoms with Crippen LogP contribution in [-0.2, 0) is 0 Å². The lowest BCUT2D eigenvalue weighted by molar-refractivity contribution is 0.865. The van der Waals surface area contributed by atoms with Crippen molar-refractivity contribution in [2.75, 3.05) is 0 Å². The lowest BCUT2D eigenvalue weighted by Crippen LogP contribution is -1.78. The second kappa shape index (κ2) is 9.93. The van der Waals surface area contributed by atoms with Crippen LogP contribution >= 0.6 is 0 Å². The third-order valence-electron chi connectivity index (χ3n) is 0.409. The van der Waals surface area contributed by atoms with Crippen LogP contribution in [-0.4, -0.2) is 15.4 Å². The van der Waals surface area contributed by atoms with Crippen molar-refractivity contribution in [3.8, 4) is 0 Å². The summed E-state index contributed by atoms with van der Waals surface area (Å²) in [5, 5.41) is 10.1. The molecular formula is C3H6F3N3. The number of rotatable bonds is 0. The Morgan fingerprint density at radius 1 is 0.778 bits per heavy atom. The molecule has 0 atom stereocenters. The molecule has 54 valence electrons. The normalized spacial score (nSPS) is 5.33. The molecule has 0 amide bonds. The van der Waals surface area contributed by atoms with Gasteiger partial charge in [0.15, 0.2) is 0 Å². The average molecular weight is 141 g/mol. The zero-order chi connectivity index (χ0) is 4.24. The van der Waals surface area contributed by atoms with Gasteiger partial charge >= 0.3 is 0 Å². The van der Waals surface area contributed by atoms with Crippen LogP contribution in [0.1, 0.15) is 0 Å². The Hall–Kier alpha value is -1.20. The lowest BCUT2D eigenvalue weighted by Gasteiger charge is -1.68. The van der Waals surface area contributed by atoms with E-state index in [0.29, 0.717) is 0 Å². The smallest absolute Gasteiger partial charge is 0.0529 e. The molecule has 0 N–H and O–H groups in total. The van der Waals surface area contributed by atoms with Gasteiger partial charge in [-0.2, -0.15) is 0 Å². The third-order valence-corrected chi connectivity index (χ3v) is 0.409. The zero-order valence-electron chi connectivity index (χ0n) is 4.30. The van der Waals surface area contributed by atoms with E-state index in [1.54, 1.807) is 18.5 Å². The van der Waals surface area contributed by atoms with Crippen molar-refractivity contribution in [3.05, 3.63) is 18.5 Å². The minimum atomic E-state index is 0. The van der Waals surface area contributed by atoms with E-state index in [-0.39, 0.29) is 14.1 Å². The van der Waals surface area contributed by atoms with E-state index in [9.17, 15) is 0 Å². The Kier molecular flexibility index (Phi) is 17.3. The first-order valence-corrected chi connectivity index (χ1v) is 1.58. The Morgan fingerprint density at radius 3 is 1.33 bits per heavy atom. The lowest BCUT2D eigenvalue weighted by atomic mass is 10.7. The predicted octanol–water partition coefficient (Wildman–Crippen LogP) is 0.329. The zero-order valence-corrected chi connectivity index (χ0v) is 4.30. The topological polar surface area (TPSA) is 38.7 Å². The van der Waals surface area contributed by atoms with Crippen LogP contribution in [0, 0.1) is 0 Å². The third kappa shape index (κ3) is 6.80. The van der Waals surface area contributed by atoms with Gasteiger partial charge in [-0.1, -0.05) is 0 Å². The van der Waals surface area contributed by atoms with E-state index < -0.39 is 0 Å². The predicted molar refractivity (Wildman–Crippen MR) is 27.3 cm³/mol. The highest BCUT2D eigenvalue weighted by Crippen LogP contribution is 1.61. The fraction of sp³-hybridized carbons (Fsp3) is 0. The summed E-state index contributed by atoms with van der Waals surface area (Å²) in [6.07, 6.45) is 3.15. The molecule has 9 heavy (non-hydrogen) atoms.